The van der Waals surface area contributed by atoms with E-state index >= 15 is 0 Å². The number of fused-ring (bicyclic) bond motifs is 1. The summed E-state index contributed by atoms with van der Waals surface area (Å²) in [6, 6.07) is 5.56. The number of benzene rings is 1. The summed E-state index contributed by atoms with van der Waals surface area (Å²) >= 11 is 1.39. The molecule has 0 aliphatic carbocycles. The lowest BCUT2D eigenvalue weighted by Crippen LogP contribution is -2.41. The molecular weight excluding hydrogens is 426 g/mol. The third kappa shape index (κ3) is 3.80. The minimum atomic E-state index is -3.63. The number of piperidine rings is 1. The van der Waals surface area contributed by atoms with Crippen LogP contribution in [0.5, 0.6) is 5.75 Å². The van der Waals surface area contributed by atoms with E-state index < -0.39 is 10.0 Å². The van der Waals surface area contributed by atoms with Gasteiger partial charge in [-0.05, 0) is 44.9 Å². The fourth-order valence-corrected chi connectivity index (χ4v) is 6.40. The van der Waals surface area contributed by atoms with Crippen molar-refractivity contribution >= 4 is 42.6 Å². The highest BCUT2D eigenvalue weighted by Gasteiger charge is 2.34. The largest absolute Gasteiger partial charge is 0.497 e. The molecule has 0 bridgehead atoms. The quantitative estimate of drug-likeness (QED) is 0.618. The maximum absolute atomic E-state index is 13.0. The number of methoxy groups -OCH3 is 1. The van der Waals surface area contributed by atoms with Crippen LogP contribution in [0.1, 0.15) is 24.2 Å². The Bertz CT molecular complexity index is 1170. The lowest BCUT2D eigenvalue weighted by molar-refractivity contribution is -0.120. The third-order valence-electron chi connectivity index (χ3n) is 5.31. The highest BCUT2D eigenvalue weighted by atomic mass is 32.2. The lowest BCUT2D eigenvalue weighted by atomic mass is 9.97. The minimum absolute atomic E-state index is 0.131. The van der Waals surface area contributed by atoms with Crippen LogP contribution in [0.4, 0.5) is 5.13 Å². The Balaban J connectivity index is 1.41. The van der Waals surface area contributed by atoms with Crippen LogP contribution < -0.4 is 10.1 Å². The van der Waals surface area contributed by atoms with E-state index in [1.165, 1.54) is 15.6 Å². The smallest absolute Gasteiger partial charge is 0.246 e. The van der Waals surface area contributed by atoms with Crippen molar-refractivity contribution in [1.82, 2.24) is 19.5 Å². The van der Waals surface area contributed by atoms with Gasteiger partial charge in [0.1, 0.15) is 10.6 Å². The summed E-state index contributed by atoms with van der Waals surface area (Å²) in [7, 11) is -2.02. The second-order valence-electron chi connectivity index (χ2n) is 7.28. The van der Waals surface area contributed by atoms with E-state index in [1.54, 1.807) is 21.0 Å². The van der Waals surface area contributed by atoms with Crippen molar-refractivity contribution in [2.24, 2.45) is 5.92 Å². The molecule has 0 radical (unpaired) electrons. The Morgan fingerprint density at radius 1 is 1.30 bits per heavy atom. The lowest BCUT2D eigenvalue weighted by Gasteiger charge is -2.30. The Morgan fingerprint density at radius 3 is 2.67 bits per heavy atom. The van der Waals surface area contributed by atoms with E-state index in [9.17, 15) is 13.2 Å². The highest BCUT2D eigenvalue weighted by molar-refractivity contribution is 7.89. The first kappa shape index (κ1) is 20.8. The molecule has 0 unspecified atom stereocenters. The molecule has 1 aliphatic heterocycles. The molecule has 2 aromatic heterocycles. The number of aryl methyl sites for hydroxylation is 2. The molecule has 1 aliphatic rings. The first-order valence-corrected chi connectivity index (χ1v) is 11.8. The van der Waals surface area contributed by atoms with E-state index in [-0.39, 0.29) is 16.7 Å². The molecule has 1 amide bonds. The number of anilines is 1. The van der Waals surface area contributed by atoms with E-state index in [4.69, 9.17) is 4.74 Å². The van der Waals surface area contributed by atoms with Crippen LogP contribution in [0.3, 0.4) is 0 Å². The molecule has 1 saturated heterocycles. The van der Waals surface area contributed by atoms with Crippen LogP contribution in [-0.2, 0) is 14.8 Å². The van der Waals surface area contributed by atoms with Crippen molar-refractivity contribution in [3.63, 3.8) is 0 Å². The molecule has 2 N–H and O–H groups in total. The van der Waals surface area contributed by atoms with Crippen molar-refractivity contribution in [2.45, 2.75) is 31.6 Å². The van der Waals surface area contributed by atoms with Gasteiger partial charge in [-0.15, -0.1) is 0 Å². The van der Waals surface area contributed by atoms with Gasteiger partial charge in [-0.25, -0.2) is 13.4 Å². The zero-order chi connectivity index (χ0) is 21.5. The number of ether oxygens (including phenoxy) is 1. The van der Waals surface area contributed by atoms with Crippen molar-refractivity contribution in [3.05, 3.63) is 29.6 Å². The van der Waals surface area contributed by atoms with Crippen molar-refractivity contribution in [1.29, 1.82) is 0 Å². The number of hydrogen-bond donors (Lipinski definition) is 2. The predicted octanol–water partition coefficient (Wildman–Crippen LogP) is 2.68. The van der Waals surface area contributed by atoms with Gasteiger partial charge in [0.25, 0.3) is 0 Å². The molecule has 3 heterocycles. The van der Waals surface area contributed by atoms with Crippen molar-refractivity contribution in [2.75, 3.05) is 25.5 Å². The number of carbonyl (C=O) groups excluding carboxylic acids is 1. The molecule has 3 aromatic rings. The number of nitrogens with one attached hydrogen (secondary N) is 2. The van der Waals surface area contributed by atoms with Gasteiger partial charge >= 0.3 is 0 Å². The van der Waals surface area contributed by atoms with Crippen LogP contribution >= 0.6 is 11.3 Å². The second kappa shape index (κ2) is 7.97. The Kier molecular flexibility index (Phi) is 5.51. The minimum Gasteiger partial charge on any atom is -0.497 e. The number of aromatic amines is 1. The molecule has 0 atom stereocenters. The van der Waals surface area contributed by atoms with E-state index in [2.05, 4.69) is 20.5 Å². The zero-order valence-corrected chi connectivity index (χ0v) is 18.6. The van der Waals surface area contributed by atoms with Crippen LogP contribution in [-0.4, -0.2) is 54.0 Å². The monoisotopic (exact) mass is 449 g/mol. The first-order valence-electron chi connectivity index (χ1n) is 9.56. The van der Waals surface area contributed by atoms with Gasteiger partial charge < -0.3 is 10.1 Å². The van der Waals surface area contributed by atoms with Gasteiger partial charge in [-0.1, -0.05) is 11.3 Å². The molecule has 0 spiro atoms. The Morgan fingerprint density at radius 2 is 2.03 bits per heavy atom. The van der Waals surface area contributed by atoms with E-state index in [1.807, 2.05) is 18.2 Å². The number of nitrogens with zero attached hydrogens (tertiary/aromatic N) is 3. The van der Waals surface area contributed by atoms with Crippen LogP contribution in [0.2, 0.25) is 0 Å². The molecular formula is C19H23N5O4S2. The average Bonchev–Trinajstić information content (AvgIpc) is 3.29. The average molecular weight is 450 g/mol. The van der Waals surface area contributed by atoms with Gasteiger partial charge in [-0.3, -0.25) is 9.89 Å². The second-order valence-corrected chi connectivity index (χ2v) is 10.2. The first-order chi connectivity index (χ1) is 14.3. The number of hydrogen-bond acceptors (Lipinski definition) is 7. The molecule has 4 rings (SSSR count). The summed E-state index contributed by atoms with van der Waals surface area (Å²) in [4.78, 5) is 17.4. The summed E-state index contributed by atoms with van der Waals surface area (Å²) in [6.45, 7) is 3.95. The summed E-state index contributed by atoms with van der Waals surface area (Å²) in [6.07, 6.45) is 0.916. The highest BCUT2D eigenvalue weighted by Crippen LogP contribution is 2.31. The zero-order valence-electron chi connectivity index (χ0n) is 16.9. The number of carbonyl (C=O) groups is 1. The van der Waals surface area contributed by atoms with Crippen LogP contribution in [0.15, 0.2) is 23.1 Å². The number of thiazole rings is 1. The molecule has 160 valence electrons. The molecule has 11 heteroatoms. The molecule has 1 fully saturated rings. The normalized spacial score (nSPS) is 16.1. The fourth-order valence-electron chi connectivity index (χ4n) is 3.70. The molecule has 0 saturated carbocycles. The van der Waals surface area contributed by atoms with Crippen molar-refractivity contribution < 1.29 is 17.9 Å². The molecule has 9 nitrogen and oxygen atoms in total. The summed E-state index contributed by atoms with van der Waals surface area (Å²) < 4.78 is 33.5. The van der Waals surface area contributed by atoms with E-state index in [0.717, 1.165) is 16.0 Å². The Labute approximate surface area is 178 Å². The predicted molar refractivity (Wildman–Crippen MR) is 114 cm³/mol. The number of H-pyrrole nitrogens is 1. The summed E-state index contributed by atoms with van der Waals surface area (Å²) in [5.41, 5.74) is 1.78. The van der Waals surface area contributed by atoms with E-state index in [0.29, 0.717) is 42.5 Å². The Hall–Kier alpha value is -2.50. The summed E-state index contributed by atoms with van der Waals surface area (Å²) in [5, 5.41) is 10.1. The SMILES string of the molecule is COc1ccc2nc(NC(=O)C3CCN(S(=O)(=O)c4c(C)n[nH]c4C)CC3)sc2c1. The van der Waals surface area contributed by atoms with Gasteiger partial charge in [0.2, 0.25) is 15.9 Å². The van der Waals surface area contributed by atoms with Gasteiger partial charge in [0.15, 0.2) is 5.13 Å². The molecule has 30 heavy (non-hydrogen) atoms. The van der Waals surface area contributed by atoms with Gasteiger partial charge in [0, 0.05) is 19.0 Å². The van der Waals surface area contributed by atoms with Gasteiger partial charge in [-0.2, -0.15) is 9.40 Å². The standard InChI is InChI=1S/C19H23N5O4S2/c1-11-17(12(2)23-22-11)30(26,27)24-8-6-13(7-9-24)18(25)21-19-20-15-5-4-14(28-3)10-16(15)29-19/h4-5,10,13H,6-9H2,1-3H3,(H,22,23)(H,20,21,25). The van der Waals surface area contributed by atoms with Crippen LogP contribution in [0.25, 0.3) is 10.2 Å². The number of sulfonamides is 1. The van der Waals surface area contributed by atoms with Crippen LogP contribution in [0, 0.1) is 19.8 Å². The third-order valence-corrected chi connectivity index (χ3v) is 8.40. The number of rotatable bonds is 5. The topological polar surface area (TPSA) is 117 Å². The molecule has 1 aromatic carbocycles. The summed E-state index contributed by atoms with van der Waals surface area (Å²) in [5.74, 6) is 0.346. The maximum atomic E-state index is 13.0. The van der Waals surface area contributed by atoms with Gasteiger partial charge in [0.05, 0.1) is 28.7 Å². The number of aromatic nitrogens is 3. The van der Waals surface area contributed by atoms with Crippen molar-refractivity contribution in [3.8, 4) is 5.75 Å². The number of amides is 1. The fraction of sp³-hybridized carbons (Fsp3) is 0.421. The maximum Gasteiger partial charge on any atom is 0.246 e.